The summed E-state index contributed by atoms with van der Waals surface area (Å²) in [4.78, 5) is 54.1. The van der Waals surface area contributed by atoms with Crippen LogP contribution in [0.4, 0.5) is 26.3 Å². The number of nitrogens with zero attached hydrogens (tertiary/aromatic N) is 2. The van der Waals surface area contributed by atoms with Crippen molar-refractivity contribution in [3.8, 4) is 0 Å². The zero-order valence-electron chi connectivity index (χ0n) is 23.6. The first-order valence-electron chi connectivity index (χ1n) is 13.6. The van der Waals surface area contributed by atoms with Crippen molar-refractivity contribution in [3.63, 3.8) is 0 Å². The summed E-state index contributed by atoms with van der Waals surface area (Å²) in [6.07, 6.45) is -12.0. The van der Waals surface area contributed by atoms with Gasteiger partial charge in [0.15, 0.2) is 0 Å². The lowest BCUT2D eigenvalue weighted by atomic mass is 9.82. The number of benzene rings is 3. The van der Waals surface area contributed by atoms with E-state index in [-0.39, 0.29) is 25.3 Å². The number of carbonyl (C=O) groups is 4. The largest absolute Gasteiger partial charge is 0.416 e. The monoisotopic (exact) mass is 637 g/mol. The molecule has 1 atom stereocenters. The number of alkyl halides is 6. The van der Waals surface area contributed by atoms with Crippen LogP contribution in [0.1, 0.15) is 64.2 Å². The van der Waals surface area contributed by atoms with Crippen molar-refractivity contribution in [3.05, 3.63) is 107 Å². The molecule has 1 saturated heterocycles. The molecule has 0 aromatic heterocycles. The molecule has 3 aromatic rings. The summed E-state index contributed by atoms with van der Waals surface area (Å²) < 4.78 is 81.5. The highest BCUT2D eigenvalue weighted by atomic mass is 19.4. The third-order valence-corrected chi connectivity index (χ3v) is 7.46. The van der Waals surface area contributed by atoms with Crippen LogP contribution in [-0.2, 0) is 31.6 Å². The van der Waals surface area contributed by atoms with Crippen molar-refractivity contribution in [2.24, 2.45) is 0 Å². The topological polar surface area (TPSA) is 101 Å². The molecule has 1 aliphatic heterocycles. The fourth-order valence-electron chi connectivity index (χ4n) is 5.19. The lowest BCUT2D eigenvalue weighted by Gasteiger charge is -2.36. The highest BCUT2D eigenvalue weighted by Gasteiger charge is 2.55. The van der Waals surface area contributed by atoms with Crippen LogP contribution in [0.25, 0.3) is 0 Å². The van der Waals surface area contributed by atoms with Crippen LogP contribution in [-0.4, -0.2) is 51.7 Å². The minimum Gasteiger partial charge on any atom is -0.338 e. The van der Waals surface area contributed by atoms with Crippen molar-refractivity contribution in [2.45, 2.75) is 50.0 Å². The summed E-state index contributed by atoms with van der Waals surface area (Å²) in [6.45, 7) is 0. The Morgan fingerprint density at radius 2 is 1.27 bits per heavy atom. The maximum Gasteiger partial charge on any atom is 0.416 e. The molecule has 0 saturated carbocycles. The molecule has 45 heavy (non-hydrogen) atoms. The normalized spacial score (nSPS) is 15.7. The van der Waals surface area contributed by atoms with Crippen molar-refractivity contribution < 1.29 is 60.4 Å². The Labute approximate surface area is 252 Å². The van der Waals surface area contributed by atoms with Crippen LogP contribution in [0.5, 0.6) is 0 Å². The van der Waals surface area contributed by atoms with Gasteiger partial charge in [-0.05, 0) is 35.7 Å². The SMILES string of the molecule is CN(C(=O)c1cc(C(F)(F)F)cc(C(F)(F)F)c1)C(CCC(=O)O[N+]1(O)C(=O)CCC1=O)C(c1ccccc1)c1ccccc1. The van der Waals surface area contributed by atoms with Gasteiger partial charge in [-0.2, -0.15) is 31.5 Å². The Morgan fingerprint density at radius 1 is 0.822 bits per heavy atom. The van der Waals surface area contributed by atoms with Gasteiger partial charge in [0.2, 0.25) is 0 Å². The number of hydrogen-bond donors (Lipinski definition) is 1. The van der Waals surface area contributed by atoms with E-state index in [1.807, 2.05) is 0 Å². The first kappa shape index (κ1) is 33.3. The molecule has 8 nitrogen and oxygen atoms in total. The number of hydroxylamine groups is 4. The minimum atomic E-state index is -5.19. The molecule has 238 valence electrons. The molecule has 1 N–H and O–H groups in total. The fraction of sp³-hybridized carbons (Fsp3) is 0.290. The van der Waals surface area contributed by atoms with E-state index in [1.165, 1.54) is 7.05 Å². The average molecular weight is 638 g/mol. The quantitative estimate of drug-likeness (QED) is 0.128. The standard InChI is InChI=1S/C31H27F6N2O6/c1-38(29(43)21-16-22(30(32,33)34)18-23(17-21)31(35,36)37)24(12-15-27(42)45-39(44)25(40)13-14-26(39)41)28(19-8-4-2-5-9-19)20-10-6-3-7-11-20/h2-11,16-18,24,28,44H,12-15H2,1H3/q+1. The number of imide groups is 1. The van der Waals surface area contributed by atoms with E-state index in [0.717, 1.165) is 4.90 Å². The van der Waals surface area contributed by atoms with E-state index in [0.29, 0.717) is 23.3 Å². The average Bonchev–Trinajstić information content (AvgIpc) is 3.24. The molecule has 0 radical (unpaired) electrons. The summed E-state index contributed by atoms with van der Waals surface area (Å²) >= 11 is 0. The molecular weight excluding hydrogens is 610 g/mol. The molecule has 4 rings (SSSR count). The molecule has 0 bridgehead atoms. The van der Waals surface area contributed by atoms with Gasteiger partial charge < -0.3 is 4.90 Å². The van der Waals surface area contributed by atoms with E-state index in [1.54, 1.807) is 60.7 Å². The number of halogens is 6. The molecule has 1 heterocycles. The second kappa shape index (κ2) is 12.8. The van der Waals surface area contributed by atoms with Crippen LogP contribution in [0, 0.1) is 0 Å². The zero-order chi connectivity index (χ0) is 33.2. The Bertz CT molecular complexity index is 1490. The van der Waals surface area contributed by atoms with Crippen LogP contribution in [0.2, 0.25) is 0 Å². The first-order chi connectivity index (χ1) is 21.0. The van der Waals surface area contributed by atoms with E-state index in [4.69, 9.17) is 4.84 Å². The lowest BCUT2D eigenvalue weighted by molar-refractivity contribution is -1.12. The maximum atomic E-state index is 13.7. The molecule has 3 aromatic carbocycles. The van der Waals surface area contributed by atoms with Crippen molar-refractivity contribution in [1.29, 1.82) is 0 Å². The van der Waals surface area contributed by atoms with Crippen LogP contribution in [0.15, 0.2) is 78.9 Å². The molecule has 1 fully saturated rings. The summed E-state index contributed by atoms with van der Waals surface area (Å²) in [6, 6.07) is 16.4. The minimum absolute atomic E-state index is 0.0877. The van der Waals surface area contributed by atoms with Gasteiger partial charge in [0.05, 0.1) is 30.4 Å². The summed E-state index contributed by atoms with van der Waals surface area (Å²) in [5, 5.41) is 10.3. The summed E-state index contributed by atoms with van der Waals surface area (Å²) in [5.74, 6) is -5.29. The van der Waals surface area contributed by atoms with Crippen molar-refractivity contribution >= 4 is 23.7 Å². The number of carbonyl (C=O) groups excluding carboxylic acids is 4. The number of quaternary nitrogens is 1. The number of likely N-dealkylation sites (N-methyl/N-ethyl adjacent to an activating group) is 1. The molecule has 14 heteroatoms. The Kier molecular flexibility index (Phi) is 9.49. The number of rotatable bonds is 9. The summed E-state index contributed by atoms with van der Waals surface area (Å²) in [7, 11) is 1.18. The fourth-order valence-corrected chi connectivity index (χ4v) is 5.19. The van der Waals surface area contributed by atoms with Crippen LogP contribution >= 0.6 is 0 Å². The molecule has 1 unspecified atom stereocenters. The van der Waals surface area contributed by atoms with E-state index >= 15 is 0 Å². The molecule has 0 spiro atoms. The van der Waals surface area contributed by atoms with Crippen LogP contribution < -0.4 is 0 Å². The van der Waals surface area contributed by atoms with Gasteiger partial charge in [0, 0.05) is 24.6 Å². The summed E-state index contributed by atoms with van der Waals surface area (Å²) in [5.41, 5.74) is -3.04. The Balaban J connectivity index is 1.76. The third-order valence-electron chi connectivity index (χ3n) is 7.46. The van der Waals surface area contributed by atoms with E-state index in [9.17, 15) is 50.7 Å². The predicted molar refractivity (Wildman–Crippen MR) is 144 cm³/mol. The van der Waals surface area contributed by atoms with Crippen LogP contribution in [0.3, 0.4) is 0 Å². The van der Waals surface area contributed by atoms with Gasteiger partial charge in [-0.1, -0.05) is 60.7 Å². The maximum absolute atomic E-state index is 13.7. The van der Waals surface area contributed by atoms with Gasteiger partial charge in [-0.15, -0.1) is 0 Å². The zero-order valence-corrected chi connectivity index (χ0v) is 23.6. The predicted octanol–water partition coefficient (Wildman–Crippen LogP) is 6.29. The third kappa shape index (κ3) is 7.40. The second-order valence-electron chi connectivity index (χ2n) is 10.4. The van der Waals surface area contributed by atoms with E-state index < -0.39 is 75.9 Å². The Hall–Kier alpha value is -4.56. The van der Waals surface area contributed by atoms with Crippen molar-refractivity contribution in [1.82, 2.24) is 4.90 Å². The Morgan fingerprint density at radius 3 is 1.69 bits per heavy atom. The highest BCUT2D eigenvalue weighted by molar-refractivity contribution is 5.95. The van der Waals surface area contributed by atoms with Gasteiger partial charge in [0.1, 0.15) is 4.81 Å². The number of hydrogen-bond acceptors (Lipinski definition) is 6. The van der Waals surface area contributed by atoms with Gasteiger partial charge in [-0.3, -0.25) is 4.79 Å². The molecular formula is C31H27F6N2O6+. The first-order valence-corrected chi connectivity index (χ1v) is 13.6. The van der Waals surface area contributed by atoms with Gasteiger partial charge in [-0.25, -0.2) is 19.2 Å². The molecule has 1 aliphatic rings. The second-order valence-corrected chi connectivity index (χ2v) is 10.4. The van der Waals surface area contributed by atoms with Gasteiger partial charge in [0.25, 0.3) is 5.91 Å². The van der Waals surface area contributed by atoms with Gasteiger partial charge >= 0.3 is 30.1 Å². The molecule has 0 aliphatic carbocycles. The van der Waals surface area contributed by atoms with E-state index in [2.05, 4.69) is 0 Å². The highest BCUT2D eigenvalue weighted by Crippen LogP contribution is 2.38. The van der Waals surface area contributed by atoms with Crippen molar-refractivity contribution in [2.75, 3.05) is 7.05 Å². The lowest BCUT2D eigenvalue weighted by Crippen LogP contribution is -2.50. The number of amides is 3. The molecule has 3 amide bonds. The smallest absolute Gasteiger partial charge is 0.338 e.